The van der Waals surface area contributed by atoms with E-state index in [4.69, 9.17) is 15.2 Å². The number of halogens is 3. The zero-order valence-corrected chi connectivity index (χ0v) is 10.4. The van der Waals surface area contributed by atoms with E-state index in [1.807, 2.05) is 0 Å². The third-order valence-corrected chi connectivity index (χ3v) is 2.48. The number of hydrogen-bond acceptors (Lipinski definition) is 4. The zero-order chi connectivity index (χ0) is 14.8. The largest absolute Gasteiger partial charge is 0.481 e. The van der Waals surface area contributed by atoms with Crippen LogP contribution in [0.5, 0.6) is 17.4 Å². The molecule has 0 fully saturated rings. The predicted molar refractivity (Wildman–Crippen MR) is 66.7 cm³/mol. The van der Waals surface area contributed by atoms with Gasteiger partial charge in [0.15, 0.2) is 0 Å². The van der Waals surface area contributed by atoms with Crippen LogP contribution in [0, 0.1) is 0 Å². The summed E-state index contributed by atoms with van der Waals surface area (Å²) in [5.41, 5.74) is 4.64. The molecule has 7 heteroatoms. The minimum atomic E-state index is -4.44. The van der Waals surface area contributed by atoms with Crippen molar-refractivity contribution < 1.29 is 22.6 Å². The number of rotatable bonds is 3. The summed E-state index contributed by atoms with van der Waals surface area (Å²) in [6, 6.07) is 5.94. The fourth-order valence-electron chi connectivity index (χ4n) is 1.51. The van der Waals surface area contributed by atoms with Crippen LogP contribution in [-0.2, 0) is 6.18 Å². The summed E-state index contributed by atoms with van der Waals surface area (Å²) in [4.78, 5) is 3.89. The first-order chi connectivity index (χ1) is 9.40. The van der Waals surface area contributed by atoms with E-state index in [0.29, 0.717) is 11.6 Å². The lowest BCUT2D eigenvalue weighted by atomic mass is 10.2. The van der Waals surface area contributed by atoms with Crippen molar-refractivity contribution in [2.45, 2.75) is 6.18 Å². The first-order valence-corrected chi connectivity index (χ1v) is 5.55. The molecule has 2 N–H and O–H groups in total. The first kappa shape index (κ1) is 14.0. The van der Waals surface area contributed by atoms with Crippen LogP contribution in [0.2, 0.25) is 0 Å². The Kier molecular flexibility index (Phi) is 3.69. The Morgan fingerprint density at radius 3 is 2.50 bits per heavy atom. The molecule has 2 rings (SSSR count). The van der Waals surface area contributed by atoms with Crippen molar-refractivity contribution >= 4 is 5.69 Å². The molecular formula is C13H11F3N2O2. The monoisotopic (exact) mass is 284 g/mol. The molecule has 4 nitrogen and oxygen atoms in total. The molecule has 1 heterocycles. The van der Waals surface area contributed by atoms with Crippen LogP contribution >= 0.6 is 0 Å². The minimum Gasteiger partial charge on any atom is -0.481 e. The van der Waals surface area contributed by atoms with Gasteiger partial charge in [0.1, 0.15) is 11.5 Å². The van der Waals surface area contributed by atoms with Gasteiger partial charge in [-0.1, -0.05) is 0 Å². The highest BCUT2D eigenvalue weighted by atomic mass is 19.4. The highest BCUT2D eigenvalue weighted by Crippen LogP contribution is 2.35. The fraction of sp³-hybridized carbons (Fsp3) is 0.154. The van der Waals surface area contributed by atoms with E-state index < -0.39 is 11.7 Å². The number of hydrogen-bond donors (Lipinski definition) is 1. The molecule has 1 aromatic heterocycles. The zero-order valence-electron chi connectivity index (χ0n) is 10.4. The molecule has 0 radical (unpaired) electrons. The van der Waals surface area contributed by atoms with Crippen LogP contribution in [0.4, 0.5) is 18.9 Å². The number of nitrogens with zero attached hydrogens (tertiary/aromatic N) is 1. The van der Waals surface area contributed by atoms with Gasteiger partial charge < -0.3 is 15.2 Å². The van der Waals surface area contributed by atoms with E-state index in [-0.39, 0.29) is 11.4 Å². The molecule has 0 aliphatic rings. The van der Waals surface area contributed by atoms with Gasteiger partial charge in [-0.15, -0.1) is 0 Å². The Bertz CT molecular complexity index is 615. The normalized spacial score (nSPS) is 11.2. The number of anilines is 1. The number of alkyl halides is 3. The van der Waals surface area contributed by atoms with Gasteiger partial charge in [0, 0.05) is 12.3 Å². The van der Waals surface area contributed by atoms with Crippen molar-refractivity contribution in [3.63, 3.8) is 0 Å². The van der Waals surface area contributed by atoms with Gasteiger partial charge in [-0.3, -0.25) is 0 Å². The molecule has 1 aromatic carbocycles. The molecule has 0 bridgehead atoms. The average molecular weight is 284 g/mol. The fourth-order valence-corrected chi connectivity index (χ4v) is 1.51. The third-order valence-electron chi connectivity index (χ3n) is 2.48. The van der Waals surface area contributed by atoms with E-state index in [2.05, 4.69) is 4.98 Å². The van der Waals surface area contributed by atoms with Crippen molar-refractivity contribution in [2.24, 2.45) is 0 Å². The standard InChI is InChI=1S/C13H11F3N2O2/c1-19-12-7-9(4-5-18-12)20-11-3-2-8(6-10(11)17)13(14,15)16/h2-7H,17H2,1H3. The second kappa shape index (κ2) is 5.28. The summed E-state index contributed by atoms with van der Waals surface area (Å²) < 4.78 is 47.8. The first-order valence-electron chi connectivity index (χ1n) is 5.55. The van der Waals surface area contributed by atoms with Crippen LogP contribution in [0.3, 0.4) is 0 Å². The highest BCUT2D eigenvalue weighted by molar-refractivity contribution is 5.56. The molecule has 2 aromatic rings. The molecule has 0 spiro atoms. The summed E-state index contributed by atoms with van der Waals surface area (Å²) in [5, 5.41) is 0. The number of methoxy groups -OCH3 is 1. The molecule has 0 unspecified atom stereocenters. The Morgan fingerprint density at radius 2 is 1.90 bits per heavy atom. The molecule has 0 aliphatic heterocycles. The predicted octanol–water partition coefficient (Wildman–Crippen LogP) is 3.48. The smallest absolute Gasteiger partial charge is 0.416 e. The summed E-state index contributed by atoms with van der Waals surface area (Å²) in [5.74, 6) is 0.822. The second-order valence-electron chi connectivity index (χ2n) is 3.89. The number of pyridine rings is 1. The van der Waals surface area contributed by atoms with Crippen LogP contribution in [0.15, 0.2) is 36.5 Å². The lowest BCUT2D eigenvalue weighted by Gasteiger charge is -2.12. The Hall–Kier alpha value is -2.44. The van der Waals surface area contributed by atoms with Crippen LogP contribution in [0.25, 0.3) is 0 Å². The van der Waals surface area contributed by atoms with Crippen molar-refractivity contribution in [1.29, 1.82) is 0 Å². The number of aromatic nitrogens is 1. The van der Waals surface area contributed by atoms with Crippen LogP contribution in [0.1, 0.15) is 5.56 Å². The van der Waals surface area contributed by atoms with E-state index in [0.717, 1.165) is 12.1 Å². The molecule has 0 saturated heterocycles. The topological polar surface area (TPSA) is 57.4 Å². The molecule has 20 heavy (non-hydrogen) atoms. The summed E-state index contributed by atoms with van der Waals surface area (Å²) in [6.07, 6.45) is -2.99. The Labute approximate surface area is 113 Å². The Morgan fingerprint density at radius 1 is 1.15 bits per heavy atom. The number of ether oxygens (including phenoxy) is 2. The van der Waals surface area contributed by atoms with E-state index >= 15 is 0 Å². The summed E-state index contributed by atoms with van der Waals surface area (Å²) >= 11 is 0. The lowest BCUT2D eigenvalue weighted by Crippen LogP contribution is -2.06. The van der Waals surface area contributed by atoms with Gasteiger partial charge in [-0.05, 0) is 24.3 Å². The van der Waals surface area contributed by atoms with Crippen LogP contribution in [-0.4, -0.2) is 12.1 Å². The van der Waals surface area contributed by atoms with Gasteiger partial charge in [-0.2, -0.15) is 13.2 Å². The average Bonchev–Trinajstić information content (AvgIpc) is 2.40. The molecular weight excluding hydrogens is 273 g/mol. The maximum absolute atomic E-state index is 12.5. The van der Waals surface area contributed by atoms with E-state index in [1.54, 1.807) is 6.07 Å². The quantitative estimate of drug-likeness (QED) is 0.877. The summed E-state index contributed by atoms with van der Waals surface area (Å²) in [6.45, 7) is 0. The molecule has 0 saturated carbocycles. The minimum absolute atomic E-state index is 0.101. The second-order valence-corrected chi connectivity index (χ2v) is 3.89. The molecule has 0 amide bonds. The lowest BCUT2D eigenvalue weighted by molar-refractivity contribution is -0.137. The molecule has 106 valence electrons. The molecule has 0 aliphatic carbocycles. The van der Waals surface area contributed by atoms with Gasteiger partial charge in [0.2, 0.25) is 5.88 Å². The van der Waals surface area contributed by atoms with Crippen molar-refractivity contribution in [3.8, 4) is 17.4 Å². The van der Waals surface area contributed by atoms with Gasteiger partial charge in [0.05, 0.1) is 18.4 Å². The Balaban J connectivity index is 2.25. The van der Waals surface area contributed by atoms with Gasteiger partial charge in [0.25, 0.3) is 0 Å². The number of benzene rings is 1. The van der Waals surface area contributed by atoms with E-state index in [9.17, 15) is 13.2 Å². The maximum atomic E-state index is 12.5. The summed E-state index contributed by atoms with van der Waals surface area (Å²) in [7, 11) is 1.44. The van der Waals surface area contributed by atoms with Crippen molar-refractivity contribution in [1.82, 2.24) is 4.98 Å². The SMILES string of the molecule is COc1cc(Oc2ccc(C(F)(F)F)cc2N)ccn1. The third kappa shape index (κ3) is 3.11. The van der Waals surface area contributed by atoms with Crippen LogP contribution < -0.4 is 15.2 Å². The van der Waals surface area contributed by atoms with E-state index in [1.165, 1.54) is 25.4 Å². The van der Waals surface area contributed by atoms with Gasteiger partial charge in [-0.25, -0.2) is 4.98 Å². The highest BCUT2D eigenvalue weighted by Gasteiger charge is 2.30. The molecule has 0 atom stereocenters. The number of nitrogens with two attached hydrogens (primary N) is 1. The number of nitrogen functional groups attached to an aromatic ring is 1. The van der Waals surface area contributed by atoms with Crippen molar-refractivity contribution in [3.05, 3.63) is 42.1 Å². The maximum Gasteiger partial charge on any atom is 0.416 e. The van der Waals surface area contributed by atoms with Gasteiger partial charge >= 0.3 is 6.18 Å². The van der Waals surface area contributed by atoms with Crippen molar-refractivity contribution in [2.75, 3.05) is 12.8 Å².